The van der Waals surface area contributed by atoms with E-state index in [4.69, 9.17) is 0 Å². The van der Waals surface area contributed by atoms with Gasteiger partial charge in [-0.05, 0) is 48.7 Å². The molecule has 0 aliphatic heterocycles. The van der Waals surface area contributed by atoms with Crippen molar-refractivity contribution in [3.63, 3.8) is 0 Å². The zero-order valence-corrected chi connectivity index (χ0v) is 18.7. The highest BCUT2D eigenvalue weighted by Gasteiger charge is 2.21. The maximum Gasteiger partial charge on any atom is 0.243 e. The van der Waals surface area contributed by atoms with Gasteiger partial charge in [-0.25, -0.2) is 8.42 Å². The molecule has 2 aromatic carbocycles. The number of anilines is 2. The number of nitrogens with zero attached hydrogens (tertiary/aromatic N) is 1. The summed E-state index contributed by atoms with van der Waals surface area (Å²) in [5.74, 6) is -0.402. The van der Waals surface area contributed by atoms with Gasteiger partial charge in [-0.2, -0.15) is 4.31 Å². The third kappa shape index (κ3) is 6.14. The largest absolute Gasteiger partial charge is 0.325 e. The monoisotopic (exact) mass is 431 g/mol. The van der Waals surface area contributed by atoms with Crippen molar-refractivity contribution in [2.75, 3.05) is 23.7 Å². The van der Waals surface area contributed by atoms with Crippen molar-refractivity contribution < 1.29 is 18.0 Å². The van der Waals surface area contributed by atoms with Crippen molar-refractivity contribution in [1.82, 2.24) is 4.31 Å². The maximum atomic E-state index is 12.5. The number of hydrogen-bond acceptors (Lipinski definition) is 4. The fourth-order valence-electron chi connectivity index (χ4n) is 3.07. The number of aryl methyl sites for hydroxylation is 2. The number of benzene rings is 2. The van der Waals surface area contributed by atoms with Crippen LogP contribution < -0.4 is 10.6 Å². The maximum absolute atomic E-state index is 12.5. The fourth-order valence-corrected chi connectivity index (χ4v) is 4.53. The number of carbonyl (C=O) groups excluding carboxylic acids is 2. The Morgan fingerprint density at radius 1 is 0.933 bits per heavy atom. The zero-order chi connectivity index (χ0) is 22.3. The number of carbonyl (C=O) groups is 2. The van der Waals surface area contributed by atoms with Gasteiger partial charge in [0.05, 0.1) is 16.3 Å². The molecule has 0 heterocycles. The first-order valence-electron chi connectivity index (χ1n) is 9.94. The van der Waals surface area contributed by atoms with Gasteiger partial charge in [0.25, 0.3) is 0 Å². The molecule has 0 bridgehead atoms. The van der Waals surface area contributed by atoms with Gasteiger partial charge in [-0.1, -0.05) is 32.0 Å². The van der Waals surface area contributed by atoms with E-state index in [1.165, 1.54) is 11.2 Å². The average Bonchev–Trinajstić information content (AvgIpc) is 2.69. The minimum absolute atomic E-state index is 0.188. The molecule has 7 nitrogen and oxygen atoms in total. The Balaban J connectivity index is 2.02. The van der Waals surface area contributed by atoms with Crippen LogP contribution in [0.2, 0.25) is 0 Å². The van der Waals surface area contributed by atoms with Crippen molar-refractivity contribution in [3.05, 3.63) is 53.6 Å². The van der Waals surface area contributed by atoms with Gasteiger partial charge < -0.3 is 10.6 Å². The molecule has 8 heteroatoms. The fraction of sp³-hybridized carbons (Fsp3) is 0.364. The lowest BCUT2D eigenvalue weighted by atomic mass is 10.1. The van der Waals surface area contributed by atoms with Crippen LogP contribution in [0.15, 0.2) is 47.4 Å². The number of amides is 2. The van der Waals surface area contributed by atoms with Gasteiger partial charge in [0.15, 0.2) is 0 Å². The van der Waals surface area contributed by atoms with Gasteiger partial charge in [0.1, 0.15) is 0 Å². The Hall–Kier alpha value is -2.71. The zero-order valence-electron chi connectivity index (χ0n) is 17.9. The highest BCUT2D eigenvalue weighted by atomic mass is 32.2. The Kier molecular flexibility index (Phi) is 8.14. The van der Waals surface area contributed by atoms with Crippen LogP contribution in [-0.2, 0) is 26.0 Å². The van der Waals surface area contributed by atoms with E-state index in [9.17, 15) is 18.0 Å². The van der Waals surface area contributed by atoms with Crippen molar-refractivity contribution in [3.8, 4) is 0 Å². The molecule has 0 aromatic heterocycles. The van der Waals surface area contributed by atoms with Gasteiger partial charge in [-0.3, -0.25) is 9.59 Å². The molecule has 2 amide bonds. The predicted molar refractivity (Wildman–Crippen MR) is 119 cm³/mol. The summed E-state index contributed by atoms with van der Waals surface area (Å²) in [7, 11) is -3.49. The molecule has 0 saturated heterocycles. The number of hydrogen-bond donors (Lipinski definition) is 2. The van der Waals surface area contributed by atoms with Crippen molar-refractivity contribution >= 4 is 33.2 Å². The second-order valence-electron chi connectivity index (χ2n) is 7.01. The predicted octanol–water partition coefficient (Wildman–Crippen LogP) is 3.56. The van der Waals surface area contributed by atoms with Crippen LogP contribution in [0.25, 0.3) is 0 Å². The first kappa shape index (κ1) is 23.6. The molecular formula is C22H29N3O4S. The van der Waals surface area contributed by atoms with E-state index in [1.54, 1.807) is 50.2 Å². The molecular weight excluding hydrogens is 402 g/mol. The molecule has 0 unspecified atom stereocenters. The lowest BCUT2D eigenvalue weighted by Crippen LogP contribution is -2.30. The molecule has 2 rings (SSSR count). The van der Waals surface area contributed by atoms with Crippen LogP contribution in [0.1, 0.15) is 38.3 Å². The number of rotatable bonds is 9. The second kappa shape index (κ2) is 10.4. The molecule has 0 saturated carbocycles. The van der Waals surface area contributed by atoms with E-state index in [0.29, 0.717) is 30.9 Å². The van der Waals surface area contributed by atoms with Crippen LogP contribution in [0, 0.1) is 6.92 Å². The molecule has 2 N–H and O–H groups in total. The summed E-state index contributed by atoms with van der Waals surface area (Å²) < 4.78 is 26.5. The van der Waals surface area contributed by atoms with Crippen LogP contribution >= 0.6 is 0 Å². The Bertz CT molecular complexity index is 998. The van der Waals surface area contributed by atoms with Gasteiger partial charge in [0, 0.05) is 26.4 Å². The Labute approximate surface area is 178 Å². The summed E-state index contributed by atoms with van der Waals surface area (Å²) in [5, 5.41) is 5.54. The molecule has 0 aliphatic rings. The standard InChI is InChI=1S/C22H29N3O4S/c1-5-25(6-2)30(28,29)19-11-8-18(9-12-19)10-14-22(27)24-21-15-16(3)7-13-20(21)23-17(4)26/h7-9,11-13,15H,5-6,10,14H2,1-4H3,(H,23,26)(H,24,27). The topological polar surface area (TPSA) is 95.6 Å². The van der Waals surface area contributed by atoms with E-state index >= 15 is 0 Å². The lowest BCUT2D eigenvalue weighted by molar-refractivity contribution is -0.116. The van der Waals surface area contributed by atoms with Crippen LogP contribution in [0.3, 0.4) is 0 Å². The van der Waals surface area contributed by atoms with Crippen molar-refractivity contribution in [2.24, 2.45) is 0 Å². The molecule has 162 valence electrons. The summed E-state index contributed by atoms with van der Waals surface area (Å²) in [6.45, 7) is 7.76. The smallest absolute Gasteiger partial charge is 0.243 e. The van der Waals surface area contributed by atoms with E-state index < -0.39 is 10.0 Å². The van der Waals surface area contributed by atoms with Crippen LogP contribution in [-0.4, -0.2) is 37.6 Å². The summed E-state index contributed by atoms with van der Waals surface area (Å²) in [6.07, 6.45) is 0.703. The molecule has 0 radical (unpaired) electrons. The van der Waals surface area contributed by atoms with Crippen molar-refractivity contribution in [1.29, 1.82) is 0 Å². The quantitative estimate of drug-likeness (QED) is 0.635. The first-order valence-corrected chi connectivity index (χ1v) is 11.4. The number of nitrogens with one attached hydrogen (secondary N) is 2. The molecule has 2 aromatic rings. The van der Waals surface area contributed by atoms with E-state index in [-0.39, 0.29) is 23.1 Å². The molecule has 0 aliphatic carbocycles. The third-order valence-electron chi connectivity index (χ3n) is 4.67. The average molecular weight is 432 g/mol. The molecule has 0 spiro atoms. The van der Waals surface area contributed by atoms with E-state index in [2.05, 4.69) is 10.6 Å². The van der Waals surface area contributed by atoms with Crippen LogP contribution in [0.5, 0.6) is 0 Å². The third-order valence-corrected chi connectivity index (χ3v) is 6.73. The van der Waals surface area contributed by atoms with Crippen molar-refractivity contribution in [2.45, 2.75) is 45.4 Å². The SMILES string of the molecule is CCN(CC)S(=O)(=O)c1ccc(CCC(=O)Nc2cc(C)ccc2NC(C)=O)cc1. The minimum atomic E-state index is -3.49. The molecule has 0 fully saturated rings. The van der Waals surface area contributed by atoms with Crippen LogP contribution in [0.4, 0.5) is 11.4 Å². The normalized spacial score (nSPS) is 11.4. The highest BCUT2D eigenvalue weighted by Crippen LogP contribution is 2.23. The minimum Gasteiger partial charge on any atom is -0.325 e. The molecule has 0 atom stereocenters. The number of sulfonamides is 1. The first-order chi connectivity index (χ1) is 14.2. The summed E-state index contributed by atoms with van der Waals surface area (Å²) >= 11 is 0. The summed E-state index contributed by atoms with van der Waals surface area (Å²) in [5.41, 5.74) is 2.93. The summed E-state index contributed by atoms with van der Waals surface area (Å²) in [4.78, 5) is 24.0. The van der Waals surface area contributed by atoms with Gasteiger partial charge >= 0.3 is 0 Å². The second-order valence-corrected chi connectivity index (χ2v) is 8.95. The highest BCUT2D eigenvalue weighted by molar-refractivity contribution is 7.89. The van der Waals surface area contributed by atoms with Gasteiger partial charge in [0.2, 0.25) is 21.8 Å². The Morgan fingerprint density at radius 2 is 1.57 bits per heavy atom. The summed E-state index contributed by atoms with van der Waals surface area (Å²) in [6, 6.07) is 12.0. The molecule has 30 heavy (non-hydrogen) atoms. The lowest BCUT2D eigenvalue weighted by Gasteiger charge is -2.18. The van der Waals surface area contributed by atoms with E-state index in [0.717, 1.165) is 11.1 Å². The van der Waals surface area contributed by atoms with E-state index in [1.807, 2.05) is 13.0 Å². The van der Waals surface area contributed by atoms with Gasteiger partial charge in [-0.15, -0.1) is 0 Å². The Morgan fingerprint density at radius 3 is 2.13 bits per heavy atom.